The van der Waals surface area contributed by atoms with Gasteiger partial charge in [-0.05, 0) is 24.3 Å². The molecule has 0 aliphatic carbocycles. The Morgan fingerprint density at radius 1 is 1.52 bits per heavy atom. The van der Waals surface area contributed by atoms with Crippen molar-refractivity contribution in [2.24, 2.45) is 0 Å². The van der Waals surface area contributed by atoms with E-state index >= 15 is 0 Å². The second-order valence-electron chi connectivity index (χ2n) is 5.40. The molecule has 4 N–H and O–H groups in total. The summed E-state index contributed by atoms with van der Waals surface area (Å²) in [7, 11) is 1.65. The van der Waals surface area contributed by atoms with Crippen LogP contribution in [0.15, 0.2) is 24.3 Å². The van der Waals surface area contributed by atoms with Gasteiger partial charge in [-0.25, -0.2) is 0 Å². The summed E-state index contributed by atoms with van der Waals surface area (Å²) in [5, 5.41) is 3.82. The van der Waals surface area contributed by atoms with Crippen LogP contribution in [0.3, 0.4) is 0 Å². The van der Waals surface area contributed by atoms with Crippen molar-refractivity contribution in [2.45, 2.75) is 12.0 Å². The lowest BCUT2D eigenvalue weighted by Crippen LogP contribution is -2.45. The highest BCUT2D eigenvalue weighted by atomic mass is 16.5. The number of carbonyl (C=O) groups is 1. The summed E-state index contributed by atoms with van der Waals surface area (Å²) in [5.74, 6) is -0.159. The molecule has 2 heterocycles. The fourth-order valence-corrected chi connectivity index (χ4v) is 2.57. The minimum Gasteiger partial charge on any atom is -0.399 e. The monoisotopic (exact) mass is 289 g/mol. The summed E-state index contributed by atoms with van der Waals surface area (Å²) in [5.41, 5.74) is 7.41. The number of H-pyrrole nitrogens is 1. The summed E-state index contributed by atoms with van der Waals surface area (Å²) >= 11 is 0. The summed E-state index contributed by atoms with van der Waals surface area (Å²) < 4.78 is 10.8. The molecule has 0 bridgehead atoms. The minimum atomic E-state index is -0.411. The SMILES string of the molecule is COC1(CNC(=O)c2cc3cc(N)ccc3[nH]2)CCOC1. The maximum absolute atomic E-state index is 12.2. The van der Waals surface area contributed by atoms with E-state index in [9.17, 15) is 4.79 Å². The Labute approximate surface area is 122 Å². The van der Waals surface area contributed by atoms with Gasteiger partial charge in [-0.3, -0.25) is 4.79 Å². The normalized spacial score (nSPS) is 21.8. The van der Waals surface area contributed by atoms with Crippen LogP contribution in [0.25, 0.3) is 10.9 Å². The molecule has 6 nitrogen and oxygen atoms in total. The molecular weight excluding hydrogens is 270 g/mol. The van der Waals surface area contributed by atoms with Crippen molar-refractivity contribution in [3.8, 4) is 0 Å². The number of hydrogen-bond acceptors (Lipinski definition) is 4. The highest BCUT2D eigenvalue weighted by Crippen LogP contribution is 2.22. The van der Waals surface area contributed by atoms with E-state index in [1.807, 2.05) is 12.1 Å². The Hall–Kier alpha value is -2.05. The van der Waals surface area contributed by atoms with Gasteiger partial charge in [0.25, 0.3) is 5.91 Å². The summed E-state index contributed by atoms with van der Waals surface area (Å²) in [6, 6.07) is 7.30. The number of nitrogens with one attached hydrogen (secondary N) is 2. The van der Waals surface area contributed by atoms with Crippen LogP contribution in [-0.2, 0) is 9.47 Å². The molecule has 3 rings (SSSR count). The van der Waals surface area contributed by atoms with Gasteiger partial charge < -0.3 is 25.5 Å². The van der Waals surface area contributed by atoms with Crippen molar-refractivity contribution in [1.82, 2.24) is 10.3 Å². The van der Waals surface area contributed by atoms with Gasteiger partial charge in [0.1, 0.15) is 11.3 Å². The third-order valence-electron chi connectivity index (χ3n) is 3.96. The van der Waals surface area contributed by atoms with E-state index in [2.05, 4.69) is 10.3 Å². The number of methoxy groups -OCH3 is 1. The number of nitrogens with two attached hydrogens (primary N) is 1. The topological polar surface area (TPSA) is 89.4 Å². The van der Waals surface area contributed by atoms with E-state index in [-0.39, 0.29) is 5.91 Å². The zero-order valence-electron chi connectivity index (χ0n) is 11.9. The highest BCUT2D eigenvalue weighted by molar-refractivity contribution is 5.98. The van der Waals surface area contributed by atoms with Crippen LogP contribution in [0.4, 0.5) is 5.69 Å². The fourth-order valence-electron chi connectivity index (χ4n) is 2.57. The maximum atomic E-state index is 12.2. The van der Waals surface area contributed by atoms with Crippen LogP contribution in [0.2, 0.25) is 0 Å². The number of fused-ring (bicyclic) bond motifs is 1. The molecule has 1 aromatic carbocycles. The summed E-state index contributed by atoms with van der Waals surface area (Å²) in [4.78, 5) is 15.3. The number of anilines is 1. The van der Waals surface area contributed by atoms with E-state index in [1.165, 1.54) is 0 Å². The molecule has 1 aromatic heterocycles. The maximum Gasteiger partial charge on any atom is 0.267 e. The molecule has 1 amide bonds. The average Bonchev–Trinajstić information content (AvgIpc) is 3.11. The molecule has 2 aromatic rings. The number of carbonyl (C=O) groups excluding carboxylic acids is 1. The van der Waals surface area contributed by atoms with Gasteiger partial charge in [0.05, 0.1) is 6.61 Å². The lowest BCUT2D eigenvalue weighted by Gasteiger charge is -2.25. The van der Waals surface area contributed by atoms with E-state index in [1.54, 1.807) is 19.2 Å². The first-order valence-electron chi connectivity index (χ1n) is 6.91. The first kappa shape index (κ1) is 13.9. The summed E-state index contributed by atoms with van der Waals surface area (Å²) in [6.07, 6.45) is 0.785. The fraction of sp³-hybridized carbons (Fsp3) is 0.400. The van der Waals surface area contributed by atoms with Crippen LogP contribution >= 0.6 is 0 Å². The molecule has 0 radical (unpaired) electrons. The molecule has 1 unspecified atom stereocenters. The second kappa shape index (κ2) is 5.38. The number of ether oxygens (including phenoxy) is 2. The van der Waals surface area contributed by atoms with Crippen molar-refractivity contribution in [1.29, 1.82) is 0 Å². The van der Waals surface area contributed by atoms with Crippen LogP contribution in [0.1, 0.15) is 16.9 Å². The molecule has 112 valence electrons. The number of hydrogen-bond donors (Lipinski definition) is 3. The van der Waals surface area contributed by atoms with E-state index in [0.29, 0.717) is 31.1 Å². The molecule has 0 spiro atoms. The van der Waals surface area contributed by atoms with Crippen LogP contribution in [0, 0.1) is 0 Å². The van der Waals surface area contributed by atoms with E-state index < -0.39 is 5.60 Å². The standard InChI is InChI=1S/C15H19N3O3/c1-20-15(4-5-21-9-15)8-17-14(19)13-7-10-6-11(16)2-3-12(10)18-13/h2-3,6-7,18H,4-5,8-9,16H2,1H3,(H,17,19). The molecule has 1 fully saturated rings. The molecule has 1 atom stereocenters. The van der Waals surface area contributed by atoms with Crippen molar-refractivity contribution in [2.75, 3.05) is 32.6 Å². The molecule has 0 saturated carbocycles. The zero-order valence-corrected chi connectivity index (χ0v) is 11.9. The highest BCUT2D eigenvalue weighted by Gasteiger charge is 2.35. The Bertz CT molecular complexity index is 659. The van der Waals surface area contributed by atoms with Gasteiger partial charge in [0.2, 0.25) is 0 Å². The second-order valence-corrected chi connectivity index (χ2v) is 5.40. The minimum absolute atomic E-state index is 0.159. The van der Waals surface area contributed by atoms with Crippen molar-refractivity contribution in [3.63, 3.8) is 0 Å². The molecule has 1 saturated heterocycles. The largest absolute Gasteiger partial charge is 0.399 e. The molecular formula is C15H19N3O3. The van der Waals surface area contributed by atoms with Crippen LogP contribution < -0.4 is 11.1 Å². The predicted molar refractivity (Wildman–Crippen MR) is 80.2 cm³/mol. The van der Waals surface area contributed by atoms with Crippen molar-refractivity contribution >= 4 is 22.5 Å². The van der Waals surface area contributed by atoms with Crippen molar-refractivity contribution in [3.05, 3.63) is 30.0 Å². The van der Waals surface area contributed by atoms with E-state index in [4.69, 9.17) is 15.2 Å². The summed E-state index contributed by atoms with van der Waals surface area (Å²) in [6.45, 7) is 1.60. The van der Waals surface area contributed by atoms with Crippen LogP contribution in [0.5, 0.6) is 0 Å². The van der Waals surface area contributed by atoms with Crippen LogP contribution in [-0.4, -0.2) is 43.4 Å². The number of rotatable bonds is 4. The van der Waals surface area contributed by atoms with Gasteiger partial charge in [-0.15, -0.1) is 0 Å². The van der Waals surface area contributed by atoms with Gasteiger partial charge in [-0.2, -0.15) is 0 Å². The number of amides is 1. The van der Waals surface area contributed by atoms with Crippen molar-refractivity contribution < 1.29 is 14.3 Å². The van der Waals surface area contributed by atoms with Gasteiger partial charge in [0.15, 0.2) is 0 Å². The third-order valence-corrected chi connectivity index (χ3v) is 3.96. The number of aromatic amines is 1. The predicted octanol–water partition coefficient (Wildman–Crippen LogP) is 1.29. The third kappa shape index (κ3) is 2.72. The van der Waals surface area contributed by atoms with Gasteiger partial charge in [-0.1, -0.05) is 0 Å². The molecule has 21 heavy (non-hydrogen) atoms. The lowest BCUT2D eigenvalue weighted by molar-refractivity contribution is -0.0149. The molecule has 1 aliphatic rings. The smallest absolute Gasteiger partial charge is 0.267 e. The Morgan fingerprint density at radius 3 is 3.10 bits per heavy atom. The number of benzene rings is 1. The number of aromatic nitrogens is 1. The van der Waals surface area contributed by atoms with Gasteiger partial charge >= 0.3 is 0 Å². The van der Waals surface area contributed by atoms with E-state index in [0.717, 1.165) is 17.3 Å². The molecule has 1 aliphatic heterocycles. The Balaban J connectivity index is 1.72. The average molecular weight is 289 g/mol. The van der Waals surface area contributed by atoms with Gasteiger partial charge in [0, 0.05) is 43.3 Å². The lowest BCUT2D eigenvalue weighted by atomic mass is 10.0. The quantitative estimate of drug-likeness (QED) is 0.740. The zero-order chi connectivity index (χ0) is 14.9. The Morgan fingerprint density at radius 2 is 2.38 bits per heavy atom. The number of nitrogen functional groups attached to an aromatic ring is 1. The first-order valence-corrected chi connectivity index (χ1v) is 6.91. The first-order chi connectivity index (χ1) is 10.1. The molecule has 6 heteroatoms. The Kier molecular flexibility index (Phi) is 3.57.